The van der Waals surface area contributed by atoms with E-state index in [1.165, 1.54) is 0 Å². The number of nitrogens with one attached hydrogen (secondary N) is 1. The lowest BCUT2D eigenvalue weighted by atomic mass is 9.83. The molecule has 1 rings (SSSR count). The topological polar surface area (TPSA) is 29.1 Å². The third kappa shape index (κ3) is 3.74. The summed E-state index contributed by atoms with van der Waals surface area (Å²) in [6.45, 7) is 8.34. The molecule has 1 unspecified atom stereocenters. The van der Waals surface area contributed by atoms with Gasteiger partial charge in [0.1, 0.15) is 0 Å². The third-order valence-corrected chi connectivity index (χ3v) is 3.37. The highest BCUT2D eigenvalue weighted by molar-refractivity contribution is 6.18. The van der Waals surface area contributed by atoms with Crippen molar-refractivity contribution in [3.8, 4) is 0 Å². The molecule has 0 aromatic heterocycles. The molecule has 0 aliphatic carbocycles. The van der Waals surface area contributed by atoms with Gasteiger partial charge in [0.25, 0.3) is 5.91 Å². The zero-order valence-electron chi connectivity index (χ0n) is 11.6. The zero-order valence-corrected chi connectivity index (χ0v) is 12.3. The van der Waals surface area contributed by atoms with Crippen LogP contribution in [0.25, 0.3) is 0 Å². The summed E-state index contributed by atoms with van der Waals surface area (Å²) in [6, 6.07) is 7.78. The van der Waals surface area contributed by atoms with Crippen molar-refractivity contribution in [2.75, 3.05) is 5.88 Å². The van der Waals surface area contributed by atoms with Gasteiger partial charge in [-0.05, 0) is 23.5 Å². The Morgan fingerprint density at radius 2 is 1.94 bits per heavy atom. The molecule has 1 N–H and O–H groups in total. The fourth-order valence-electron chi connectivity index (χ4n) is 1.85. The molecule has 1 amide bonds. The van der Waals surface area contributed by atoms with Crippen molar-refractivity contribution in [3.63, 3.8) is 0 Å². The molecule has 18 heavy (non-hydrogen) atoms. The molecule has 100 valence electrons. The van der Waals surface area contributed by atoms with E-state index in [0.717, 1.165) is 17.5 Å². The minimum atomic E-state index is -0.0450. The molecular formula is C15H22ClNO. The maximum Gasteiger partial charge on any atom is 0.251 e. The fourth-order valence-corrected chi connectivity index (χ4v) is 2.14. The van der Waals surface area contributed by atoms with E-state index < -0.39 is 0 Å². The molecule has 1 atom stereocenters. The van der Waals surface area contributed by atoms with Gasteiger partial charge in [0.15, 0.2) is 0 Å². The molecule has 0 fully saturated rings. The number of amides is 1. The first kappa shape index (κ1) is 15.0. The van der Waals surface area contributed by atoms with E-state index in [9.17, 15) is 4.79 Å². The lowest BCUT2D eigenvalue weighted by Gasteiger charge is -2.23. The largest absolute Gasteiger partial charge is 0.348 e. The summed E-state index contributed by atoms with van der Waals surface area (Å²) in [5.74, 6) is 0.410. The van der Waals surface area contributed by atoms with Crippen molar-refractivity contribution >= 4 is 17.5 Å². The maximum absolute atomic E-state index is 12.3. The molecule has 0 heterocycles. The summed E-state index contributed by atoms with van der Waals surface area (Å²) in [7, 11) is 0. The highest BCUT2D eigenvalue weighted by atomic mass is 35.5. The van der Waals surface area contributed by atoms with Crippen molar-refractivity contribution < 1.29 is 4.79 Å². The molecule has 0 saturated heterocycles. The predicted octanol–water partition coefficient (Wildman–Crippen LogP) is 3.73. The molecule has 0 spiro atoms. The number of benzene rings is 1. The molecule has 3 heteroatoms. The Morgan fingerprint density at radius 3 is 2.44 bits per heavy atom. The Labute approximate surface area is 115 Å². The SMILES string of the molecule is CCC(CCl)NC(=O)c1ccccc1C(C)(C)C. The second-order valence-corrected chi connectivity index (χ2v) is 5.84. The Balaban J connectivity index is 2.99. The first-order chi connectivity index (χ1) is 8.40. The molecule has 0 bridgehead atoms. The highest BCUT2D eigenvalue weighted by Gasteiger charge is 2.22. The first-order valence-corrected chi connectivity index (χ1v) is 6.90. The van der Waals surface area contributed by atoms with Gasteiger partial charge < -0.3 is 5.32 Å². The normalized spacial score (nSPS) is 13.2. The van der Waals surface area contributed by atoms with Gasteiger partial charge in [-0.15, -0.1) is 11.6 Å². The monoisotopic (exact) mass is 267 g/mol. The average molecular weight is 268 g/mol. The number of rotatable bonds is 4. The number of hydrogen-bond acceptors (Lipinski definition) is 1. The third-order valence-electron chi connectivity index (χ3n) is 2.99. The number of carbonyl (C=O) groups excluding carboxylic acids is 1. The predicted molar refractivity (Wildman–Crippen MR) is 77.4 cm³/mol. The Kier molecular flexibility index (Phi) is 5.21. The van der Waals surface area contributed by atoms with Crippen molar-refractivity contribution in [1.29, 1.82) is 0 Å². The van der Waals surface area contributed by atoms with Gasteiger partial charge in [0.05, 0.1) is 0 Å². The molecule has 1 aromatic carbocycles. The van der Waals surface area contributed by atoms with Gasteiger partial charge in [-0.3, -0.25) is 4.79 Å². The Hall–Kier alpha value is -1.02. The van der Waals surface area contributed by atoms with Crippen LogP contribution in [0.2, 0.25) is 0 Å². The van der Waals surface area contributed by atoms with E-state index >= 15 is 0 Å². The number of alkyl halides is 1. The van der Waals surface area contributed by atoms with Crippen LogP contribution in [0, 0.1) is 0 Å². The number of hydrogen-bond donors (Lipinski definition) is 1. The molecule has 0 radical (unpaired) electrons. The fraction of sp³-hybridized carbons (Fsp3) is 0.533. The Bertz CT molecular complexity index is 405. The summed E-state index contributed by atoms with van der Waals surface area (Å²) >= 11 is 5.81. The second-order valence-electron chi connectivity index (χ2n) is 5.53. The van der Waals surface area contributed by atoms with Crippen LogP contribution in [-0.2, 0) is 5.41 Å². The quantitative estimate of drug-likeness (QED) is 0.828. The molecule has 1 aromatic rings. The van der Waals surface area contributed by atoms with Gasteiger partial charge in [-0.1, -0.05) is 45.9 Å². The van der Waals surface area contributed by atoms with E-state index in [0.29, 0.717) is 5.88 Å². The molecule has 0 aliphatic rings. The summed E-state index contributed by atoms with van der Waals surface area (Å²) in [6.07, 6.45) is 0.840. The Morgan fingerprint density at radius 1 is 1.33 bits per heavy atom. The average Bonchev–Trinajstić information content (AvgIpc) is 2.34. The summed E-state index contributed by atoms with van der Waals surface area (Å²) < 4.78 is 0. The van der Waals surface area contributed by atoms with E-state index in [2.05, 4.69) is 26.1 Å². The summed E-state index contributed by atoms with van der Waals surface area (Å²) in [4.78, 5) is 12.3. The smallest absolute Gasteiger partial charge is 0.251 e. The molecule has 0 saturated carbocycles. The van der Waals surface area contributed by atoms with Crippen LogP contribution in [0.1, 0.15) is 50.0 Å². The van der Waals surface area contributed by atoms with E-state index in [1.54, 1.807) is 0 Å². The minimum absolute atomic E-state index is 0.0342. The van der Waals surface area contributed by atoms with E-state index in [1.807, 2.05) is 31.2 Å². The van der Waals surface area contributed by atoms with Crippen LogP contribution in [0.4, 0.5) is 0 Å². The second kappa shape index (κ2) is 6.24. The van der Waals surface area contributed by atoms with E-state index in [4.69, 9.17) is 11.6 Å². The van der Waals surface area contributed by atoms with Gasteiger partial charge >= 0.3 is 0 Å². The molecule has 0 aliphatic heterocycles. The maximum atomic E-state index is 12.3. The van der Waals surface area contributed by atoms with Gasteiger partial charge in [-0.2, -0.15) is 0 Å². The highest BCUT2D eigenvalue weighted by Crippen LogP contribution is 2.25. The van der Waals surface area contributed by atoms with Crippen LogP contribution in [-0.4, -0.2) is 17.8 Å². The summed E-state index contributed by atoms with van der Waals surface area (Å²) in [5.41, 5.74) is 1.76. The number of halogens is 1. The van der Waals surface area contributed by atoms with Crippen LogP contribution >= 0.6 is 11.6 Å². The lowest BCUT2D eigenvalue weighted by molar-refractivity contribution is 0.0937. The first-order valence-electron chi connectivity index (χ1n) is 6.36. The molecular weight excluding hydrogens is 246 g/mol. The molecule has 2 nitrogen and oxygen atoms in total. The number of carbonyl (C=O) groups is 1. The van der Waals surface area contributed by atoms with Gasteiger partial charge in [0.2, 0.25) is 0 Å². The van der Waals surface area contributed by atoms with Crippen molar-refractivity contribution in [3.05, 3.63) is 35.4 Å². The zero-order chi connectivity index (χ0) is 13.8. The summed E-state index contributed by atoms with van der Waals surface area (Å²) in [5, 5.41) is 2.97. The van der Waals surface area contributed by atoms with Crippen LogP contribution in [0.3, 0.4) is 0 Å². The van der Waals surface area contributed by atoms with Gasteiger partial charge in [0, 0.05) is 17.5 Å². The lowest BCUT2D eigenvalue weighted by Crippen LogP contribution is -2.36. The van der Waals surface area contributed by atoms with Crippen LogP contribution in [0.15, 0.2) is 24.3 Å². The van der Waals surface area contributed by atoms with E-state index in [-0.39, 0.29) is 17.4 Å². The minimum Gasteiger partial charge on any atom is -0.348 e. The van der Waals surface area contributed by atoms with Crippen molar-refractivity contribution in [2.45, 2.75) is 45.6 Å². The van der Waals surface area contributed by atoms with Crippen molar-refractivity contribution in [1.82, 2.24) is 5.32 Å². The van der Waals surface area contributed by atoms with Crippen molar-refractivity contribution in [2.24, 2.45) is 0 Å². The van der Waals surface area contributed by atoms with Gasteiger partial charge in [-0.25, -0.2) is 0 Å². The van der Waals surface area contributed by atoms with Crippen LogP contribution in [0.5, 0.6) is 0 Å². The standard InChI is InChI=1S/C15H22ClNO/c1-5-11(10-16)17-14(18)12-8-6-7-9-13(12)15(2,3)4/h6-9,11H,5,10H2,1-4H3,(H,17,18). The van der Waals surface area contributed by atoms with Crippen LogP contribution < -0.4 is 5.32 Å².